The molecule has 0 aliphatic heterocycles. The molecular weight excluding hydrogens is 286 g/mol. The van der Waals surface area contributed by atoms with Gasteiger partial charge in [-0.25, -0.2) is 4.98 Å². The number of rotatable bonds is 2. The van der Waals surface area contributed by atoms with E-state index in [4.69, 9.17) is 11.0 Å². The van der Waals surface area contributed by atoms with Gasteiger partial charge in [0.05, 0.1) is 4.88 Å². The first-order valence-electron chi connectivity index (χ1n) is 4.61. The Balaban J connectivity index is 2.60. The van der Waals surface area contributed by atoms with Crippen LogP contribution in [0.5, 0.6) is 0 Å². The molecule has 1 aromatic carbocycles. The predicted molar refractivity (Wildman–Crippen MR) is 67.9 cm³/mol. The summed E-state index contributed by atoms with van der Waals surface area (Å²) in [5.41, 5.74) is 6.95. The van der Waals surface area contributed by atoms with Gasteiger partial charge in [-0.2, -0.15) is 5.26 Å². The van der Waals surface area contributed by atoms with Gasteiger partial charge in [0.15, 0.2) is 5.69 Å². The van der Waals surface area contributed by atoms with Crippen LogP contribution in [0.15, 0.2) is 28.7 Å². The monoisotopic (exact) mass is 293 g/mol. The summed E-state index contributed by atoms with van der Waals surface area (Å²) in [4.78, 5) is 5.05. The zero-order valence-corrected chi connectivity index (χ0v) is 10.7. The van der Waals surface area contributed by atoms with Crippen molar-refractivity contribution in [3.05, 3.63) is 39.4 Å². The van der Waals surface area contributed by atoms with E-state index in [1.165, 1.54) is 11.3 Å². The molecule has 0 amide bonds. The van der Waals surface area contributed by atoms with E-state index in [1.807, 2.05) is 24.3 Å². The highest BCUT2D eigenvalue weighted by molar-refractivity contribution is 9.10. The molecular formula is C11H8BrN3S. The molecule has 1 heterocycles. The maximum Gasteiger partial charge on any atom is 0.159 e. The second-order valence-corrected chi connectivity index (χ2v) is 5.02. The summed E-state index contributed by atoms with van der Waals surface area (Å²) in [6.07, 6.45) is 0. The zero-order chi connectivity index (χ0) is 11.5. The molecule has 0 radical (unpaired) electrons. The molecule has 0 unspecified atom stereocenters. The van der Waals surface area contributed by atoms with Gasteiger partial charge in [0.2, 0.25) is 0 Å². The lowest BCUT2D eigenvalue weighted by Crippen LogP contribution is -1.94. The van der Waals surface area contributed by atoms with Crippen molar-refractivity contribution in [1.82, 2.24) is 4.98 Å². The number of hydrogen-bond donors (Lipinski definition) is 1. The van der Waals surface area contributed by atoms with Gasteiger partial charge in [-0.3, -0.25) is 0 Å². The van der Waals surface area contributed by atoms with Crippen molar-refractivity contribution in [2.45, 2.75) is 6.54 Å². The van der Waals surface area contributed by atoms with Gasteiger partial charge in [0.25, 0.3) is 0 Å². The fourth-order valence-corrected chi connectivity index (χ4v) is 2.90. The molecule has 5 heteroatoms. The first-order chi connectivity index (χ1) is 7.76. The Morgan fingerprint density at radius 3 is 2.81 bits per heavy atom. The number of thiazole rings is 1. The van der Waals surface area contributed by atoms with Gasteiger partial charge in [-0.1, -0.05) is 34.1 Å². The van der Waals surface area contributed by atoms with E-state index >= 15 is 0 Å². The minimum absolute atomic E-state index is 0.365. The lowest BCUT2D eigenvalue weighted by molar-refractivity contribution is 1.03. The molecule has 3 nitrogen and oxygen atoms in total. The largest absolute Gasteiger partial charge is 0.325 e. The van der Waals surface area contributed by atoms with Crippen molar-refractivity contribution in [3.63, 3.8) is 0 Å². The van der Waals surface area contributed by atoms with E-state index < -0.39 is 0 Å². The summed E-state index contributed by atoms with van der Waals surface area (Å²) < 4.78 is 0.957. The quantitative estimate of drug-likeness (QED) is 0.926. The van der Waals surface area contributed by atoms with Crippen molar-refractivity contribution < 1.29 is 0 Å². The van der Waals surface area contributed by atoms with Crippen LogP contribution in [0.3, 0.4) is 0 Å². The summed E-state index contributed by atoms with van der Waals surface area (Å²) in [5, 5.41) is 9.80. The third kappa shape index (κ3) is 2.00. The Morgan fingerprint density at radius 1 is 1.44 bits per heavy atom. The SMILES string of the molecule is N#Cc1nc(CN)sc1-c1ccccc1Br. The van der Waals surface area contributed by atoms with Gasteiger partial charge >= 0.3 is 0 Å². The minimum atomic E-state index is 0.365. The average Bonchev–Trinajstić information content (AvgIpc) is 2.72. The summed E-state index contributed by atoms with van der Waals surface area (Å²) in [7, 11) is 0. The molecule has 2 aromatic rings. The molecule has 0 aliphatic carbocycles. The average molecular weight is 294 g/mol. The topological polar surface area (TPSA) is 62.7 Å². The fraction of sp³-hybridized carbons (Fsp3) is 0.0909. The molecule has 2 rings (SSSR count). The number of halogens is 1. The standard InChI is InChI=1S/C11H8BrN3S/c12-8-4-2-1-3-7(8)11-9(5-13)15-10(6-14)16-11/h1-4H,6,14H2. The van der Waals surface area contributed by atoms with E-state index in [9.17, 15) is 0 Å². The Kier molecular flexibility index (Phi) is 3.34. The van der Waals surface area contributed by atoms with E-state index in [0.717, 1.165) is 19.9 Å². The van der Waals surface area contributed by atoms with E-state index in [-0.39, 0.29) is 0 Å². The number of nitrogens with two attached hydrogens (primary N) is 1. The molecule has 0 fully saturated rings. The van der Waals surface area contributed by atoms with E-state index in [0.29, 0.717) is 12.2 Å². The molecule has 0 atom stereocenters. The van der Waals surface area contributed by atoms with Crippen LogP contribution >= 0.6 is 27.3 Å². The molecule has 0 spiro atoms. The lowest BCUT2D eigenvalue weighted by atomic mass is 10.2. The Labute approximate surface area is 106 Å². The summed E-state index contributed by atoms with van der Waals surface area (Å²) in [5.74, 6) is 0. The summed E-state index contributed by atoms with van der Waals surface area (Å²) in [6, 6.07) is 9.87. The smallest absolute Gasteiger partial charge is 0.159 e. The number of nitriles is 1. The lowest BCUT2D eigenvalue weighted by Gasteiger charge is -2.00. The normalized spacial score (nSPS) is 10.1. The summed E-state index contributed by atoms with van der Waals surface area (Å²) in [6.45, 7) is 0.365. The third-order valence-electron chi connectivity index (χ3n) is 2.07. The Morgan fingerprint density at radius 2 is 2.19 bits per heavy atom. The van der Waals surface area contributed by atoms with Gasteiger partial charge in [-0.05, 0) is 6.07 Å². The van der Waals surface area contributed by atoms with Crippen LogP contribution < -0.4 is 5.73 Å². The van der Waals surface area contributed by atoms with Crippen LogP contribution in [0.2, 0.25) is 0 Å². The zero-order valence-electron chi connectivity index (χ0n) is 8.27. The van der Waals surface area contributed by atoms with E-state index in [1.54, 1.807) is 0 Å². The highest BCUT2D eigenvalue weighted by Crippen LogP contribution is 2.34. The maximum absolute atomic E-state index is 9.02. The van der Waals surface area contributed by atoms with Crippen molar-refractivity contribution >= 4 is 27.3 Å². The predicted octanol–water partition coefficient (Wildman–Crippen LogP) is 2.90. The third-order valence-corrected chi connectivity index (χ3v) is 3.87. The molecule has 2 N–H and O–H groups in total. The van der Waals surface area contributed by atoms with Crippen molar-refractivity contribution in [2.24, 2.45) is 5.73 Å². The summed E-state index contributed by atoms with van der Waals surface area (Å²) >= 11 is 4.93. The number of nitrogens with zero attached hydrogens (tertiary/aromatic N) is 2. The molecule has 1 aromatic heterocycles. The van der Waals surface area contributed by atoms with Crippen LogP contribution in [-0.2, 0) is 6.54 Å². The molecule has 0 saturated carbocycles. The van der Waals surface area contributed by atoms with Crippen LogP contribution in [0.4, 0.5) is 0 Å². The molecule has 0 saturated heterocycles. The Bertz CT molecular complexity index is 557. The van der Waals surface area contributed by atoms with Crippen molar-refractivity contribution in [2.75, 3.05) is 0 Å². The molecule has 80 valence electrons. The van der Waals surface area contributed by atoms with Crippen molar-refractivity contribution in [1.29, 1.82) is 5.26 Å². The highest BCUT2D eigenvalue weighted by Gasteiger charge is 2.13. The van der Waals surface area contributed by atoms with Crippen molar-refractivity contribution in [3.8, 4) is 16.5 Å². The number of benzene rings is 1. The van der Waals surface area contributed by atoms with Crippen LogP contribution in [0.1, 0.15) is 10.7 Å². The maximum atomic E-state index is 9.02. The van der Waals surface area contributed by atoms with Gasteiger partial charge in [-0.15, -0.1) is 11.3 Å². The second-order valence-electron chi connectivity index (χ2n) is 3.08. The highest BCUT2D eigenvalue weighted by atomic mass is 79.9. The first kappa shape index (κ1) is 11.3. The van der Waals surface area contributed by atoms with E-state index in [2.05, 4.69) is 27.0 Å². The van der Waals surface area contributed by atoms with Crippen LogP contribution in [0.25, 0.3) is 10.4 Å². The van der Waals surface area contributed by atoms with Crippen LogP contribution in [-0.4, -0.2) is 4.98 Å². The Hall–Kier alpha value is -1.22. The fourth-order valence-electron chi connectivity index (χ4n) is 1.36. The molecule has 16 heavy (non-hydrogen) atoms. The first-order valence-corrected chi connectivity index (χ1v) is 6.22. The van der Waals surface area contributed by atoms with Crippen LogP contribution in [0, 0.1) is 11.3 Å². The number of hydrogen-bond acceptors (Lipinski definition) is 4. The minimum Gasteiger partial charge on any atom is -0.325 e. The second kappa shape index (κ2) is 4.74. The van der Waals surface area contributed by atoms with Gasteiger partial charge in [0.1, 0.15) is 11.1 Å². The number of aromatic nitrogens is 1. The van der Waals surface area contributed by atoms with Gasteiger partial charge in [0, 0.05) is 16.6 Å². The van der Waals surface area contributed by atoms with Gasteiger partial charge < -0.3 is 5.73 Å². The molecule has 0 aliphatic rings. The molecule has 0 bridgehead atoms.